The number of morpholine rings is 1. The number of para-hydroxylation sites is 1. The van der Waals surface area contributed by atoms with Crippen LogP contribution in [0, 0.1) is 12.8 Å². The third-order valence-electron chi connectivity index (χ3n) is 4.46. The lowest BCUT2D eigenvalue weighted by molar-refractivity contribution is -0.131. The number of benzene rings is 1. The van der Waals surface area contributed by atoms with E-state index in [9.17, 15) is 14.4 Å². The Labute approximate surface area is 151 Å². The highest BCUT2D eigenvalue weighted by Crippen LogP contribution is 2.23. The van der Waals surface area contributed by atoms with Gasteiger partial charge in [-0.2, -0.15) is 0 Å². The fraction of sp³-hybridized carbons (Fsp3) is 0.444. The van der Waals surface area contributed by atoms with Crippen molar-refractivity contribution in [2.45, 2.75) is 6.92 Å². The molecule has 3 rings (SSSR count). The van der Waals surface area contributed by atoms with Gasteiger partial charge in [0.05, 0.1) is 25.4 Å². The molecule has 0 aliphatic carbocycles. The summed E-state index contributed by atoms with van der Waals surface area (Å²) in [5.74, 6) is -2.32. The summed E-state index contributed by atoms with van der Waals surface area (Å²) in [6.07, 6.45) is 1.34. The second-order valence-electron chi connectivity index (χ2n) is 6.24. The molecule has 0 aromatic heterocycles. The minimum Gasteiger partial charge on any atom is -0.379 e. The molecule has 2 saturated heterocycles. The number of carbonyl (C=O) groups is 3. The number of anilines is 1. The molecule has 0 bridgehead atoms. The van der Waals surface area contributed by atoms with Gasteiger partial charge in [0, 0.05) is 25.8 Å². The number of nitrogens with one attached hydrogen (secondary N) is 1. The van der Waals surface area contributed by atoms with Crippen LogP contribution in [-0.2, 0) is 14.3 Å². The molecule has 0 unspecified atom stereocenters. The first kappa shape index (κ1) is 18.2. The van der Waals surface area contributed by atoms with Crippen molar-refractivity contribution >= 4 is 29.7 Å². The van der Waals surface area contributed by atoms with Crippen molar-refractivity contribution in [2.24, 2.45) is 10.9 Å². The molecule has 8 heteroatoms. The topological polar surface area (TPSA) is 91.3 Å². The van der Waals surface area contributed by atoms with E-state index in [0.717, 1.165) is 30.1 Å². The smallest absolute Gasteiger partial charge is 0.335 e. The fourth-order valence-electron chi connectivity index (χ4n) is 2.97. The molecule has 1 atom stereocenters. The Morgan fingerprint density at radius 1 is 1.23 bits per heavy atom. The molecule has 138 valence electrons. The highest BCUT2D eigenvalue weighted by Gasteiger charge is 2.40. The van der Waals surface area contributed by atoms with E-state index in [4.69, 9.17) is 4.74 Å². The first-order valence-corrected chi connectivity index (χ1v) is 8.62. The van der Waals surface area contributed by atoms with Gasteiger partial charge in [-0.25, -0.2) is 9.69 Å². The molecule has 2 aliphatic rings. The van der Waals surface area contributed by atoms with Crippen LogP contribution in [0.2, 0.25) is 0 Å². The highest BCUT2D eigenvalue weighted by molar-refractivity contribution is 6.32. The van der Waals surface area contributed by atoms with Gasteiger partial charge >= 0.3 is 6.03 Å². The predicted octanol–water partition coefficient (Wildman–Crippen LogP) is 0.597. The first-order valence-electron chi connectivity index (χ1n) is 8.62. The Morgan fingerprint density at radius 3 is 2.69 bits per heavy atom. The molecular formula is C18H22N4O4. The maximum absolute atomic E-state index is 12.7. The molecule has 1 aromatic rings. The third kappa shape index (κ3) is 3.97. The monoisotopic (exact) mass is 358 g/mol. The van der Waals surface area contributed by atoms with Crippen molar-refractivity contribution in [3.05, 3.63) is 29.8 Å². The Balaban J connectivity index is 1.67. The molecule has 2 aliphatic heterocycles. The number of aryl methyl sites for hydroxylation is 1. The Morgan fingerprint density at radius 2 is 1.96 bits per heavy atom. The number of nitrogens with zero attached hydrogens (tertiary/aromatic N) is 3. The van der Waals surface area contributed by atoms with E-state index in [0.29, 0.717) is 25.4 Å². The number of ether oxygens (including phenoxy) is 1. The SMILES string of the molecule is Cc1ccccc1N1C(=O)NC(=O)[C@@H](C=NCCN2CCOCC2)C1=O. The fourth-order valence-corrected chi connectivity index (χ4v) is 2.97. The summed E-state index contributed by atoms with van der Waals surface area (Å²) >= 11 is 0. The van der Waals surface area contributed by atoms with Crippen LogP contribution < -0.4 is 10.2 Å². The Bertz CT molecular complexity index is 728. The van der Waals surface area contributed by atoms with Gasteiger partial charge in [0.2, 0.25) is 5.91 Å². The second-order valence-corrected chi connectivity index (χ2v) is 6.24. The maximum Gasteiger partial charge on any atom is 0.335 e. The van der Waals surface area contributed by atoms with E-state index in [1.54, 1.807) is 25.1 Å². The first-order chi connectivity index (χ1) is 12.6. The molecule has 4 amide bonds. The second kappa shape index (κ2) is 8.20. The van der Waals surface area contributed by atoms with E-state index >= 15 is 0 Å². The third-order valence-corrected chi connectivity index (χ3v) is 4.46. The summed E-state index contributed by atoms with van der Waals surface area (Å²) in [5.41, 5.74) is 1.24. The Kier molecular flexibility index (Phi) is 5.75. The van der Waals surface area contributed by atoms with Gasteiger partial charge in [0.1, 0.15) is 0 Å². The van der Waals surface area contributed by atoms with Gasteiger partial charge in [-0.3, -0.25) is 24.8 Å². The molecule has 8 nitrogen and oxygen atoms in total. The van der Waals surface area contributed by atoms with Crippen LogP contribution >= 0.6 is 0 Å². The average Bonchev–Trinajstić information content (AvgIpc) is 2.63. The molecule has 0 saturated carbocycles. The van der Waals surface area contributed by atoms with Crippen molar-refractivity contribution < 1.29 is 19.1 Å². The summed E-state index contributed by atoms with van der Waals surface area (Å²) in [6.45, 7) is 6.15. The molecule has 1 N–H and O–H groups in total. The summed E-state index contributed by atoms with van der Waals surface area (Å²) < 4.78 is 5.29. The van der Waals surface area contributed by atoms with E-state index in [1.165, 1.54) is 6.21 Å². The van der Waals surface area contributed by atoms with Crippen molar-refractivity contribution in [1.82, 2.24) is 10.2 Å². The zero-order chi connectivity index (χ0) is 18.5. The van der Waals surface area contributed by atoms with Crippen LogP contribution in [-0.4, -0.2) is 68.4 Å². The van der Waals surface area contributed by atoms with Crippen molar-refractivity contribution in [2.75, 3.05) is 44.3 Å². The zero-order valence-corrected chi connectivity index (χ0v) is 14.7. The number of urea groups is 1. The average molecular weight is 358 g/mol. The summed E-state index contributed by atoms with van der Waals surface area (Å²) in [7, 11) is 0. The number of hydrogen-bond donors (Lipinski definition) is 1. The molecule has 0 spiro atoms. The van der Waals surface area contributed by atoms with Gasteiger partial charge in [0.15, 0.2) is 5.92 Å². The summed E-state index contributed by atoms with van der Waals surface area (Å²) in [6, 6.07) is 6.31. The number of hydrogen-bond acceptors (Lipinski definition) is 6. The number of imide groups is 2. The van der Waals surface area contributed by atoms with E-state index in [2.05, 4.69) is 15.2 Å². The van der Waals surface area contributed by atoms with Gasteiger partial charge in [-0.1, -0.05) is 18.2 Å². The number of barbiturate groups is 1. The molecule has 1 aromatic carbocycles. The van der Waals surface area contributed by atoms with Crippen LogP contribution in [0.25, 0.3) is 0 Å². The minimum atomic E-state index is -1.10. The minimum absolute atomic E-state index is 0.467. The molecule has 2 fully saturated rings. The maximum atomic E-state index is 12.7. The van der Waals surface area contributed by atoms with E-state index < -0.39 is 23.8 Å². The van der Waals surface area contributed by atoms with E-state index in [1.807, 2.05) is 6.07 Å². The van der Waals surface area contributed by atoms with Gasteiger partial charge in [-0.05, 0) is 18.6 Å². The lowest BCUT2D eigenvalue weighted by atomic mass is 10.0. The van der Waals surface area contributed by atoms with Gasteiger partial charge in [-0.15, -0.1) is 0 Å². The lowest BCUT2D eigenvalue weighted by Crippen LogP contribution is -2.58. The van der Waals surface area contributed by atoms with Crippen LogP contribution in [0.5, 0.6) is 0 Å². The summed E-state index contributed by atoms with van der Waals surface area (Å²) in [4.78, 5) is 44.4. The molecular weight excluding hydrogens is 336 g/mol. The normalized spacial score (nSPS) is 22.1. The van der Waals surface area contributed by atoms with Crippen LogP contribution in [0.4, 0.5) is 10.5 Å². The zero-order valence-electron chi connectivity index (χ0n) is 14.7. The lowest BCUT2D eigenvalue weighted by Gasteiger charge is -2.29. The largest absolute Gasteiger partial charge is 0.379 e. The van der Waals surface area contributed by atoms with Gasteiger partial charge in [0.25, 0.3) is 5.91 Å². The number of carbonyl (C=O) groups excluding carboxylic acids is 3. The molecule has 0 radical (unpaired) electrons. The number of aliphatic imine (C=N–C) groups is 1. The van der Waals surface area contributed by atoms with Crippen molar-refractivity contribution in [3.8, 4) is 0 Å². The summed E-state index contributed by atoms with van der Waals surface area (Å²) in [5, 5.41) is 2.23. The van der Waals surface area contributed by atoms with Crippen molar-refractivity contribution in [1.29, 1.82) is 0 Å². The van der Waals surface area contributed by atoms with Crippen molar-refractivity contribution in [3.63, 3.8) is 0 Å². The Hall–Kier alpha value is -2.58. The number of amides is 4. The predicted molar refractivity (Wildman–Crippen MR) is 96.3 cm³/mol. The quantitative estimate of drug-likeness (QED) is 0.615. The van der Waals surface area contributed by atoms with E-state index in [-0.39, 0.29) is 0 Å². The molecule has 26 heavy (non-hydrogen) atoms. The van der Waals surface area contributed by atoms with Crippen LogP contribution in [0.1, 0.15) is 5.56 Å². The van der Waals surface area contributed by atoms with Gasteiger partial charge < -0.3 is 4.74 Å². The van der Waals surface area contributed by atoms with Crippen LogP contribution in [0.15, 0.2) is 29.3 Å². The number of rotatable bonds is 5. The van der Waals surface area contributed by atoms with Crippen LogP contribution in [0.3, 0.4) is 0 Å². The standard InChI is InChI=1S/C18H22N4O4/c1-13-4-2-3-5-15(13)22-17(24)14(16(23)20-18(22)25)12-19-6-7-21-8-10-26-11-9-21/h2-5,12,14H,6-11H2,1H3,(H,20,23,25)/t14-/m1/s1. The highest BCUT2D eigenvalue weighted by atomic mass is 16.5. The molecule has 2 heterocycles.